The normalized spacial score (nSPS) is 21.1. The minimum absolute atomic E-state index is 0.156. The summed E-state index contributed by atoms with van der Waals surface area (Å²) in [7, 11) is 0. The van der Waals surface area contributed by atoms with E-state index in [1.54, 1.807) is 0 Å². The molecule has 3 unspecified atom stereocenters. The number of carboxylic acids is 1. The van der Waals surface area contributed by atoms with Gasteiger partial charge in [0.05, 0.1) is 19.3 Å². The summed E-state index contributed by atoms with van der Waals surface area (Å²) in [5, 5.41) is 16.6. The fourth-order valence-corrected chi connectivity index (χ4v) is 5.04. The minimum Gasteiger partial charge on any atom is -0.491 e. The Morgan fingerprint density at radius 3 is 2.37 bits per heavy atom. The molecule has 3 atom stereocenters. The maximum Gasteiger partial charge on any atom is 0.490 e. The van der Waals surface area contributed by atoms with Crippen LogP contribution in [0.5, 0.6) is 5.75 Å². The van der Waals surface area contributed by atoms with Gasteiger partial charge in [-0.05, 0) is 78.9 Å². The summed E-state index contributed by atoms with van der Waals surface area (Å²) in [6, 6.07) is 23.6. The Morgan fingerprint density at radius 2 is 1.66 bits per heavy atom. The van der Waals surface area contributed by atoms with Gasteiger partial charge in [0, 0.05) is 12.5 Å². The van der Waals surface area contributed by atoms with Crippen LogP contribution in [0.3, 0.4) is 0 Å². The van der Waals surface area contributed by atoms with Gasteiger partial charge < -0.3 is 24.6 Å². The van der Waals surface area contributed by atoms with Crippen molar-refractivity contribution < 1.29 is 37.3 Å². The molecule has 2 heterocycles. The van der Waals surface area contributed by atoms with Gasteiger partial charge in [0.25, 0.3) is 0 Å². The molecule has 0 amide bonds. The first-order valence-corrected chi connectivity index (χ1v) is 14.0. The maximum atomic E-state index is 10.6. The lowest BCUT2D eigenvalue weighted by Gasteiger charge is -2.32. The lowest BCUT2D eigenvalue weighted by Crippen LogP contribution is -2.40. The minimum atomic E-state index is -5.08. The van der Waals surface area contributed by atoms with Gasteiger partial charge in [-0.15, -0.1) is 0 Å². The van der Waals surface area contributed by atoms with E-state index >= 15 is 0 Å². The predicted octanol–water partition coefficient (Wildman–Crippen LogP) is 5.63. The molecular weight excluding hydrogens is 537 g/mol. The van der Waals surface area contributed by atoms with Crippen molar-refractivity contribution in [2.45, 2.75) is 56.7 Å². The summed E-state index contributed by atoms with van der Waals surface area (Å²) >= 11 is 0. The smallest absolute Gasteiger partial charge is 0.490 e. The van der Waals surface area contributed by atoms with E-state index in [4.69, 9.17) is 24.1 Å². The summed E-state index contributed by atoms with van der Waals surface area (Å²) in [5.41, 5.74) is 2.54. The summed E-state index contributed by atoms with van der Waals surface area (Å²) in [4.78, 5) is 8.90. The van der Waals surface area contributed by atoms with Crippen LogP contribution in [0.15, 0.2) is 66.7 Å². The zero-order valence-corrected chi connectivity index (χ0v) is 22.9. The van der Waals surface area contributed by atoms with Gasteiger partial charge in [0.1, 0.15) is 18.6 Å². The summed E-state index contributed by atoms with van der Waals surface area (Å²) < 4.78 is 49.9. The van der Waals surface area contributed by atoms with Crippen LogP contribution in [0, 0.1) is 0 Å². The molecule has 2 fully saturated rings. The number of aliphatic carboxylic acids is 1. The van der Waals surface area contributed by atoms with Gasteiger partial charge in [0.15, 0.2) is 0 Å². The Morgan fingerprint density at radius 1 is 0.902 bits per heavy atom. The highest BCUT2D eigenvalue weighted by atomic mass is 19.4. The van der Waals surface area contributed by atoms with Crippen LogP contribution in [0.1, 0.15) is 42.7 Å². The molecule has 3 aromatic rings. The number of alkyl halides is 3. The number of fused-ring (bicyclic) bond motifs is 1. The van der Waals surface area contributed by atoms with Crippen LogP contribution in [0.25, 0.3) is 10.8 Å². The highest BCUT2D eigenvalue weighted by molar-refractivity contribution is 5.82. The van der Waals surface area contributed by atoms with Crippen LogP contribution in [-0.2, 0) is 20.9 Å². The van der Waals surface area contributed by atoms with E-state index in [-0.39, 0.29) is 12.3 Å². The second kappa shape index (κ2) is 15.2. The van der Waals surface area contributed by atoms with E-state index in [1.165, 1.54) is 34.7 Å². The highest BCUT2D eigenvalue weighted by Crippen LogP contribution is 2.30. The number of benzene rings is 3. The summed E-state index contributed by atoms with van der Waals surface area (Å²) in [6.45, 7) is 4.76. The number of rotatable bonds is 9. The number of carboxylic acid groups (broad SMARTS) is 1. The second-order valence-electron chi connectivity index (χ2n) is 10.2. The molecule has 7 nitrogen and oxygen atoms in total. The number of halogens is 3. The van der Waals surface area contributed by atoms with Crippen molar-refractivity contribution in [2.24, 2.45) is 0 Å². The van der Waals surface area contributed by atoms with Crippen molar-refractivity contribution in [1.82, 2.24) is 10.6 Å². The number of nitrogens with one attached hydrogen (secondary N) is 2. The number of hydrogen-bond donors (Lipinski definition) is 3. The van der Waals surface area contributed by atoms with E-state index in [0.717, 1.165) is 38.2 Å². The molecule has 0 bridgehead atoms. The third-order valence-electron chi connectivity index (χ3n) is 7.19. The van der Waals surface area contributed by atoms with Crippen LogP contribution in [0.4, 0.5) is 13.2 Å². The van der Waals surface area contributed by atoms with E-state index in [1.807, 2.05) is 0 Å². The first-order valence-electron chi connectivity index (χ1n) is 14.0. The molecule has 2 aliphatic rings. The van der Waals surface area contributed by atoms with Gasteiger partial charge in [-0.1, -0.05) is 48.5 Å². The summed E-state index contributed by atoms with van der Waals surface area (Å²) in [6.07, 6.45) is -0.0898. The Balaban J connectivity index is 0.000000493. The molecule has 10 heteroatoms. The van der Waals surface area contributed by atoms with Crippen LogP contribution < -0.4 is 15.4 Å². The van der Waals surface area contributed by atoms with Gasteiger partial charge in [-0.2, -0.15) is 13.2 Å². The van der Waals surface area contributed by atoms with Gasteiger partial charge in [-0.3, -0.25) is 5.32 Å². The zero-order chi connectivity index (χ0) is 29.1. The van der Waals surface area contributed by atoms with Crippen LogP contribution in [0.2, 0.25) is 0 Å². The van der Waals surface area contributed by atoms with Gasteiger partial charge >= 0.3 is 12.1 Å². The lowest BCUT2D eigenvalue weighted by molar-refractivity contribution is -0.192. The second-order valence-corrected chi connectivity index (χ2v) is 10.2. The molecule has 41 heavy (non-hydrogen) atoms. The maximum absolute atomic E-state index is 10.6. The molecule has 2 saturated heterocycles. The van der Waals surface area contributed by atoms with Crippen molar-refractivity contribution in [1.29, 1.82) is 0 Å². The Kier molecular flexibility index (Phi) is 11.4. The highest BCUT2D eigenvalue weighted by Gasteiger charge is 2.38. The number of hydrogen-bond acceptors (Lipinski definition) is 6. The van der Waals surface area contributed by atoms with Crippen LogP contribution >= 0.6 is 0 Å². The topological polar surface area (TPSA) is 89.1 Å². The molecule has 222 valence electrons. The van der Waals surface area contributed by atoms with Crippen molar-refractivity contribution in [3.05, 3.63) is 77.9 Å². The van der Waals surface area contributed by atoms with Crippen molar-refractivity contribution in [2.75, 3.05) is 32.8 Å². The third kappa shape index (κ3) is 9.71. The molecular formula is C31H37F3N2O5. The first kappa shape index (κ1) is 30.8. The number of ether oxygens (including phenoxy) is 3. The molecule has 3 N–H and O–H groups in total. The molecule has 0 saturated carbocycles. The van der Waals surface area contributed by atoms with E-state index in [9.17, 15) is 13.2 Å². The van der Waals surface area contributed by atoms with E-state index < -0.39 is 12.1 Å². The van der Waals surface area contributed by atoms with Crippen molar-refractivity contribution in [3.8, 4) is 5.75 Å². The third-order valence-corrected chi connectivity index (χ3v) is 7.19. The first-order chi connectivity index (χ1) is 19.8. The quantitative estimate of drug-likeness (QED) is 0.286. The molecule has 2 aliphatic heterocycles. The fraction of sp³-hybridized carbons (Fsp3) is 0.452. The molecule has 3 aromatic carbocycles. The largest absolute Gasteiger partial charge is 0.491 e. The van der Waals surface area contributed by atoms with Gasteiger partial charge in [0.2, 0.25) is 0 Å². The average Bonchev–Trinajstić information content (AvgIpc) is 2.99. The van der Waals surface area contributed by atoms with E-state index in [0.29, 0.717) is 25.7 Å². The zero-order valence-electron chi connectivity index (χ0n) is 22.9. The SMILES string of the molecule is O=C(O)C(F)(F)F.c1ccc2cc(COC3CNCCC3c3ccc(OCCOC4CCCCN4)cc3)ccc2c1. The van der Waals surface area contributed by atoms with Gasteiger partial charge in [-0.25, -0.2) is 4.79 Å². The molecule has 5 rings (SSSR count). The lowest BCUT2D eigenvalue weighted by atomic mass is 9.87. The molecule has 0 aliphatic carbocycles. The van der Waals surface area contributed by atoms with Crippen LogP contribution in [-0.4, -0.2) is 62.4 Å². The number of piperidine rings is 2. The fourth-order valence-electron chi connectivity index (χ4n) is 5.04. The van der Waals surface area contributed by atoms with Crippen molar-refractivity contribution in [3.63, 3.8) is 0 Å². The number of carbonyl (C=O) groups is 1. The van der Waals surface area contributed by atoms with Crippen molar-refractivity contribution >= 4 is 16.7 Å². The summed E-state index contributed by atoms with van der Waals surface area (Å²) in [5.74, 6) is -1.48. The molecule has 0 spiro atoms. The Bertz CT molecular complexity index is 1230. The molecule has 0 aromatic heterocycles. The Labute approximate surface area is 238 Å². The van der Waals surface area contributed by atoms with E-state index in [2.05, 4.69) is 77.4 Å². The monoisotopic (exact) mass is 574 g/mol. The standard InChI is InChI=1S/C29H36N2O3.C2HF3O2/c1-2-6-25-19-22(8-9-23(25)5-1)21-34-28-20-30-16-14-27(28)24-10-12-26(13-11-24)32-17-18-33-29-7-3-4-15-31-29;3-2(4,5)1(6)7/h1-2,5-6,8-13,19,27-31H,3-4,7,14-18,20-21H2;(H,6,7). The Hall–Kier alpha value is -3.18. The predicted molar refractivity (Wildman–Crippen MR) is 150 cm³/mol. The molecule has 0 radical (unpaired) electrons. The average molecular weight is 575 g/mol.